The van der Waals surface area contributed by atoms with Gasteiger partial charge in [-0.3, -0.25) is 4.79 Å². The first-order valence-corrected chi connectivity index (χ1v) is 5.80. The molecule has 1 aromatic heterocycles. The number of amides is 1. The number of carbonyl (C=O) groups is 1. The summed E-state index contributed by atoms with van der Waals surface area (Å²) in [6.07, 6.45) is 0. The molecule has 1 heterocycles. The minimum atomic E-state index is -0.147. The highest BCUT2D eigenvalue weighted by Gasteiger charge is 2.09. The van der Waals surface area contributed by atoms with Crippen molar-refractivity contribution < 1.29 is 4.79 Å². The number of carbonyl (C=O) groups excluding carboxylic acids is 1. The highest BCUT2D eigenvalue weighted by atomic mass is 35.5. The van der Waals surface area contributed by atoms with Crippen LogP contribution in [0, 0.1) is 0 Å². The number of anilines is 2. The van der Waals surface area contributed by atoms with Gasteiger partial charge in [-0.2, -0.15) is 0 Å². The predicted molar refractivity (Wildman–Crippen MR) is 70.4 cm³/mol. The van der Waals surface area contributed by atoms with Crippen LogP contribution in [0.25, 0.3) is 0 Å². The molecule has 1 aromatic rings. The number of nitrogens with two attached hydrogens (primary N) is 1. The standard InChI is InChI=1S/C10H14Cl2N4O/c1-5(2)15-8(17)4-14-10-7(12)3-6(11)9(13)16-10/h3,5H,4H2,1-2H3,(H,15,17)(H3,13,14,16). The minimum Gasteiger partial charge on any atom is -0.382 e. The Morgan fingerprint density at radius 2 is 2.12 bits per heavy atom. The van der Waals surface area contributed by atoms with Crippen LogP contribution in [-0.2, 0) is 4.79 Å². The lowest BCUT2D eigenvalue weighted by Crippen LogP contribution is -2.35. The number of nitrogens with one attached hydrogen (secondary N) is 2. The molecular weight excluding hydrogens is 263 g/mol. The molecular formula is C10H14Cl2N4O. The van der Waals surface area contributed by atoms with E-state index >= 15 is 0 Å². The van der Waals surface area contributed by atoms with Gasteiger partial charge in [-0.25, -0.2) is 4.98 Å². The molecule has 94 valence electrons. The summed E-state index contributed by atoms with van der Waals surface area (Å²) in [5.74, 6) is 0.363. The minimum absolute atomic E-state index is 0.0754. The maximum Gasteiger partial charge on any atom is 0.239 e. The number of nitrogen functional groups attached to an aromatic ring is 1. The van der Waals surface area contributed by atoms with Gasteiger partial charge in [0.15, 0.2) is 0 Å². The average molecular weight is 277 g/mol. The third-order valence-corrected chi connectivity index (χ3v) is 2.41. The Labute approximate surface area is 110 Å². The number of hydrogen-bond donors (Lipinski definition) is 3. The Hall–Kier alpha value is -1.20. The maximum absolute atomic E-state index is 11.4. The highest BCUT2D eigenvalue weighted by molar-refractivity contribution is 6.37. The second kappa shape index (κ2) is 5.93. The summed E-state index contributed by atoms with van der Waals surface area (Å²) in [5.41, 5.74) is 5.53. The third kappa shape index (κ3) is 4.28. The van der Waals surface area contributed by atoms with Gasteiger partial charge in [-0.15, -0.1) is 0 Å². The van der Waals surface area contributed by atoms with Crippen LogP contribution in [0.2, 0.25) is 10.0 Å². The van der Waals surface area contributed by atoms with Crippen LogP contribution in [0.3, 0.4) is 0 Å². The van der Waals surface area contributed by atoms with Crippen LogP contribution in [0.5, 0.6) is 0 Å². The van der Waals surface area contributed by atoms with Gasteiger partial charge in [-0.05, 0) is 19.9 Å². The van der Waals surface area contributed by atoms with Crippen molar-refractivity contribution in [1.82, 2.24) is 10.3 Å². The van der Waals surface area contributed by atoms with Crippen molar-refractivity contribution in [2.24, 2.45) is 0 Å². The van der Waals surface area contributed by atoms with E-state index in [0.29, 0.717) is 10.8 Å². The Balaban J connectivity index is 2.63. The zero-order chi connectivity index (χ0) is 13.0. The Morgan fingerprint density at radius 1 is 1.47 bits per heavy atom. The van der Waals surface area contributed by atoms with Gasteiger partial charge in [0, 0.05) is 6.04 Å². The van der Waals surface area contributed by atoms with Gasteiger partial charge in [0.05, 0.1) is 16.6 Å². The van der Waals surface area contributed by atoms with Gasteiger partial charge in [0.1, 0.15) is 11.6 Å². The van der Waals surface area contributed by atoms with E-state index < -0.39 is 0 Å². The molecule has 0 saturated carbocycles. The zero-order valence-electron chi connectivity index (χ0n) is 9.55. The second-order valence-electron chi connectivity index (χ2n) is 3.76. The molecule has 1 rings (SSSR count). The molecule has 1 amide bonds. The molecule has 0 aliphatic rings. The molecule has 0 spiro atoms. The molecule has 0 aliphatic carbocycles. The summed E-state index contributed by atoms with van der Waals surface area (Å²) in [6.45, 7) is 3.83. The summed E-state index contributed by atoms with van der Waals surface area (Å²) in [5, 5.41) is 6.13. The molecule has 5 nitrogen and oxygen atoms in total. The molecule has 0 aliphatic heterocycles. The summed E-state index contributed by atoms with van der Waals surface area (Å²) in [4.78, 5) is 15.3. The van der Waals surface area contributed by atoms with Crippen molar-refractivity contribution in [3.63, 3.8) is 0 Å². The van der Waals surface area contributed by atoms with Crippen LogP contribution in [0.1, 0.15) is 13.8 Å². The van der Waals surface area contributed by atoms with E-state index in [2.05, 4.69) is 15.6 Å². The van der Waals surface area contributed by atoms with E-state index in [-0.39, 0.29) is 29.3 Å². The van der Waals surface area contributed by atoms with E-state index in [1.165, 1.54) is 6.07 Å². The molecule has 0 bridgehead atoms. The predicted octanol–water partition coefficient (Wildman–Crippen LogP) is 1.91. The lowest BCUT2D eigenvalue weighted by Gasteiger charge is -2.11. The largest absolute Gasteiger partial charge is 0.382 e. The number of rotatable bonds is 4. The molecule has 17 heavy (non-hydrogen) atoms. The first kappa shape index (κ1) is 13.9. The summed E-state index contributed by atoms with van der Waals surface area (Å²) in [6, 6.07) is 1.57. The van der Waals surface area contributed by atoms with Crippen LogP contribution in [-0.4, -0.2) is 23.5 Å². The summed E-state index contributed by atoms with van der Waals surface area (Å²) < 4.78 is 0. The molecule has 7 heteroatoms. The first-order chi connectivity index (χ1) is 7.90. The van der Waals surface area contributed by atoms with Gasteiger partial charge in [0.25, 0.3) is 0 Å². The Kier molecular flexibility index (Phi) is 4.84. The van der Waals surface area contributed by atoms with Crippen LogP contribution in [0.4, 0.5) is 11.6 Å². The fraction of sp³-hybridized carbons (Fsp3) is 0.400. The van der Waals surface area contributed by atoms with Gasteiger partial charge >= 0.3 is 0 Å². The quantitative estimate of drug-likeness (QED) is 0.785. The van der Waals surface area contributed by atoms with Gasteiger partial charge in [0.2, 0.25) is 5.91 Å². The van der Waals surface area contributed by atoms with Crippen molar-refractivity contribution in [2.75, 3.05) is 17.6 Å². The van der Waals surface area contributed by atoms with Crippen molar-refractivity contribution in [1.29, 1.82) is 0 Å². The van der Waals surface area contributed by atoms with E-state index in [1.807, 2.05) is 13.8 Å². The fourth-order valence-electron chi connectivity index (χ4n) is 1.14. The number of nitrogens with zero attached hydrogens (tertiary/aromatic N) is 1. The molecule has 4 N–H and O–H groups in total. The molecule has 0 atom stereocenters. The Morgan fingerprint density at radius 3 is 2.71 bits per heavy atom. The molecule has 0 saturated heterocycles. The average Bonchev–Trinajstić information content (AvgIpc) is 2.20. The monoisotopic (exact) mass is 276 g/mol. The zero-order valence-corrected chi connectivity index (χ0v) is 11.1. The number of hydrogen-bond acceptors (Lipinski definition) is 4. The number of pyridine rings is 1. The van der Waals surface area contributed by atoms with Crippen LogP contribution in [0.15, 0.2) is 6.07 Å². The fourth-order valence-corrected chi connectivity index (χ4v) is 1.57. The number of aromatic nitrogens is 1. The van der Waals surface area contributed by atoms with E-state index in [1.54, 1.807) is 0 Å². The van der Waals surface area contributed by atoms with Crippen molar-refractivity contribution in [3.8, 4) is 0 Å². The Bertz CT molecular complexity index is 423. The summed E-state index contributed by atoms with van der Waals surface area (Å²) >= 11 is 11.6. The van der Waals surface area contributed by atoms with Crippen LogP contribution < -0.4 is 16.4 Å². The van der Waals surface area contributed by atoms with E-state index in [9.17, 15) is 4.79 Å². The number of halogens is 2. The third-order valence-electron chi connectivity index (χ3n) is 1.82. The van der Waals surface area contributed by atoms with Gasteiger partial charge < -0.3 is 16.4 Å². The van der Waals surface area contributed by atoms with Crippen LogP contribution >= 0.6 is 23.2 Å². The van der Waals surface area contributed by atoms with Gasteiger partial charge in [-0.1, -0.05) is 23.2 Å². The molecule has 0 aromatic carbocycles. The second-order valence-corrected chi connectivity index (χ2v) is 4.58. The van der Waals surface area contributed by atoms with Crippen molar-refractivity contribution in [2.45, 2.75) is 19.9 Å². The normalized spacial score (nSPS) is 10.4. The lowest BCUT2D eigenvalue weighted by molar-refractivity contribution is -0.119. The van der Waals surface area contributed by atoms with E-state index in [4.69, 9.17) is 28.9 Å². The maximum atomic E-state index is 11.4. The topological polar surface area (TPSA) is 80.0 Å². The SMILES string of the molecule is CC(C)NC(=O)CNc1nc(N)c(Cl)cc1Cl. The first-order valence-electron chi connectivity index (χ1n) is 5.05. The molecule has 0 fully saturated rings. The molecule has 0 unspecified atom stereocenters. The summed E-state index contributed by atoms with van der Waals surface area (Å²) in [7, 11) is 0. The smallest absolute Gasteiger partial charge is 0.239 e. The van der Waals surface area contributed by atoms with E-state index in [0.717, 1.165) is 0 Å². The molecule has 0 radical (unpaired) electrons. The lowest BCUT2D eigenvalue weighted by atomic mass is 10.4. The highest BCUT2D eigenvalue weighted by Crippen LogP contribution is 2.26. The van der Waals surface area contributed by atoms with Crippen molar-refractivity contribution >= 4 is 40.7 Å². The van der Waals surface area contributed by atoms with Crippen molar-refractivity contribution in [3.05, 3.63) is 16.1 Å².